The number of halogens is 1. The number of aliphatic hydroxyl groups excluding tert-OH is 1. The Bertz CT molecular complexity index is 885. The van der Waals surface area contributed by atoms with Gasteiger partial charge in [0.1, 0.15) is 11.5 Å². The average molecular weight is 357 g/mol. The van der Waals surface area contributed by atoms with Gasteiger partial charge in [0, 0.05) is 24.7 Å². The zero-order valence-corrected chi connectivity index (χ0v) is 14.2. The molecule has 1 saturated heterocycles. The highest BCUT2D eigenvalue weighted by molar-refractivity contribution is 5.65. The van der Waals surface area contributed by atoms with Crippen molar-refractivity contribution >= 4 is 0 Å². The number of aromatic amines is 1. The van der Waals surface area contributed by atoms with E-state index in [2.05, 4.69) is 20.3 Å². The van der Waals surface area contributed by atoms with Gasteiger partial charge in [-0.2, -0.15) is 10.2 Å². The van der Waals surface area contributed by atoms with Gasteiger partial charge in [0.15, 0.2) is 11.6 Å². The van der Waals surface area contributed by atoms with Gasteiger partial charge in [-0.3, -0.25) is 5.10 Å². The lowest BCUT2D eigenvalue weighted by molar-refractivity contribution is 0.0835. The van der Waals surface area contributed by atoms with E-state index in [9.17, 15) is 9.50 Å². The van der Waals surface area contributed by atoms with Crippen LogP contribution in [0.3, 0.4) is 0 Å². The molecule has 3 heterocycles. The van der Waals surface area contributed by atoms with Gasteiger partial charge >= 0.3 is 0 Å². The highest BCUT2D eigenvalue weighted by Gasteiger charge is 2.23. The molecule has 0 saturated carbocycles. The Balaban J connectivity index is 1.68. The van der Waals surface area contributed by atoms with Gasteiger partial charge < -0.3 is 9.84 Å². The van der Waals surface area contributed by atoms with Crippen LogP contribution < -0.4 is 0 Å². The molecule has 26 heavy (non-hydrogen) atoms. The highest BCUT2D eigenvalue weighted by Crippen LogP contribution is 2.28. The average Bonchev–Trinajstić information content (AvgIpc) is 3.30. The molecule has 0 amide bonds. The zero-order valence-electron chi connectivity index (χ0n) is 14.2. The van der Waals surface area contributed by atoms with Crippen LogP contribution >= 0.6 is 0 Å². The molecule has 2 N–H and O–H groups in total. The van der Waals surface area contributed by atoms with Crippen molar-refractivity contribution in [1.29, 1.82) is 0 Å². The summed E-state index contributed by atoms with van der Waals surface area (Å²) in [6.45, 7) is 1.70. The van der Waals surface area contributed by atoms with E-state index in [1.165, 1.54) is 6.07 Å². The maximum atomic E-state index is 14.0. The molecule has 0 aliphatic carbocycles. The molecule has 1 aromatic carbocycles. The topological polar surface area (TPSA) is 88.8 Å². The number of hydrogen-bond donors (Lipinski definition) is 2. The molecule has 3 aromatic rings. The van der Waals surface area contributed by atoms with Gasteiger partial charge in [-0.25, -0.2) is 14.1 Å². The molecule has 4 rings (SSSR count). The predicted molar refractivity (Wildman–Crippen MR) is 92.9 cm³/mol. The molecule has 0 unspecified atom stereocenters. The molecule has 1 fully saturated rings. The van der Waals surface area contributed by atoms with E-state index in [-0.39, 0.29) is 18.3 Å². The molecular formula is C18H20FN5O2. The molecule has 7 nitrogen and oxygen atoms in total. The van der Waals surface area contributed by atoms with Crippen molar-refractivity contribution in [2.75, 3.05) is 19.8 Å². The summed E-state index contributed by atoms with van der Waals surface area (Å²) in [5.41, 5.74) is 1.57. The fraction of sp³-hybridized carbons (Fsp3) is 0.389. The Hall–Kier alpha value is -2.58. The van der Waals surface area contributed by atoms with E-state index in [1.807, 2.05) is 0 Å². The van der Waals surface area contributed by atoms with Crippen molar-refractivity contribution in [2.45, 2.75) is 25.3 Å². The largest absolute Gasteiger partial charge is 0.394 e. The third kappa shape index (κ3) is 3.25. The number of ether oxygens (including phenoxy) is 1. The second kappa shape index (κ2) is 7.35. The molecule has 0 radical (unpaired) electrons. The van der Waals surface area contributed by atoms with Crippen LogP contribution in [-0.4, -0.2) is 49.9 Å². The first-order chi connectivity index (χ1) is 12.8. The minimum Gasteiger partial charge on any atom is -0.394 e. The van der Waals surface area contributed by atoms with Gasteiger partial charge in [0.05, 0.1) is 18.8 Å². The smallest absolute Gasteiger partial charge is 0.176 e. The normalized spacial score (nSPS) is 15.5. The van der Waals surface area contributed by atoms with Gasteiger partial charge in [-0.1, -0.05) is 12.1 Å². The van der Waals surface area contributed by atoms with Gasteiger partial charge in [0.25, 0.3) is 0 Å². The summed E-state index contributed by atoms with van der Waals surface area (Å²) in [4.78, 5) is 4.67. The lowest BCUT2D eigenvalue weighted by Crippen LogP contribution is -2.15. The number of H-pyrrole nitrogens is 1. The summed E-state index contributed by atoms with van der Waals surface area (Å²) in [6, 6.07) is 8.25. The minimum atomic E-state index is -0.328. The molecule has 0 spiro atoms. The molecule has 2 aromatic heterocycles. The number of benzene rings is 1. The van der Waals surface area contributed by atoms with Crippen molar-refractivity contribution in [3.63, 3.8) is 0 Å². The Morgan fingerprint density at radius 3 is 2.85 bits per heavy atom. The van der Waals surface area contributed by atoms with Gasteiger partial charge in [-0.15, -0.1) is 0 Å². The Labute approximate surface area is 149 Å². The number of aromatic nitrogens is 5. The summed E-state index contributed by atoms with van der Waals surface area (Å²) in [6.07, 6.45) is 1.76. The quantitative estimate of drug-likeness (QED) is 0.732. The fourth-order valence-corrected chi connectivity index (χ4v) is 3.18. The van der Waals surface area contributed by atoms with Crippen molar-refractivity contribution in [3.05, 3.63) is 42.0 Å². The SMILES string of the molecule is OCCn1nc(C2CCOCC2)nc1-c1cc(-c2ccccc2F)n[nH]1. The van der Waals surface area contributed by atoms with Crippen molar-refractivity contribution < 1.29 is 14.2 Å². The van der Waals surface area contributed by atoms with E-state index < -0.39 is 0 Å². The molecule has 1 aliphatic heterocycles. The monoisotopic (exact) mass is 357 g/mol. The van der Waals surface area contributed by atoms with E-state index >= 15 is 0 Å². The first-order valence-electron chi connectivity index (χ1n) is 8.70. The molecule has 0 atom stereocenters. The highest BCUT2D eigenvalue weighted by atomic mass is 19.1. The van der Waals surface area contributed by atoms with E-state index in [4.69, 9.17) is 4.74 Å². The summed E-state index contributed by atoms with van der Waals surface area (Å²) >= 11 is 0. The number of nitrogens with zero attached hydrogens (tertiary/aromatic N) is 4. The number of aliphatic hydroxyl groups is 1. The van der Waals surface area contributed by atoms with Crippen LogP contribution in [0, 0.1) is 5.82 Å². The van der Waals surface area contributed by atoms with Crippen LogP contribution in [0.2, 0.25) is 0 Å². The van der Waals surface area contributed by atoms with Crippen LogP contribution in [0.4, 0.5) is 4.39 Å². The zero-order chi connectivity index (χ0) is 17.9. The molecule has 8 heteroatoms. The Kier molecular flexibility index (Phi) is 4.77. The van der Waals surface area contributed by atoms with Crippen molar-refractivity contribution in [3.8, 4) is 22.8 Å². The number of hydrogen-bond acceptors (Lipinski definition) is 5. The standard InChI is InChI=1S/C18H20FN5O2/c19-14-4-2-1-3-13(14)15-11-16(22-21-15)18-20-17(23-24(18)7-8-25)12-5-9-26-10-6-12/h1-4,11-12,25H,5-10H2,(H,21,22). The van der Waals surface area contributed by atoms with E-state index in [0.717, 1.165) is 18.7 Å². The molecule has 0 bridgehead atoms. The van der Waals surface area contributed by atoms with E-state index in [1.54, 1.807) is 28.9 Å². The van der Waals surface area contributed by atoms with Crippen molar-refractivity contribution in [1.82, 2.24) is 25.0 Å². The van der Waals surface area contributed by atoms with Gasteiger partial charge in [-0.05, 0) is 31.0 Å². The summed E-state index contributed by atoms with van der Waals surface area (Å²) in [5.74, 6) is 1.26. The van der Waals surface area contributed by atoms with Crippen LogP contribution in [0.15, 0.2) is 30.3 Å². The number of nitrogens with one attached hydrogen (secondary N) is 1. The van der Waals surface area contributed by atoms with Crippen LogP contribution in [0.25, 0.3) is 22.8 Å². The number of rotatable bonds is 5. The minimum absolute atomic E-state index is 0.0438. The maximum Gasteiger partial charge on any atom is 0.176 e. The fourth-order valence-electron chi connectivity index (χ4n) is 3.18. The third-order valence-corrected chi connectivity index (χ3v) is 4.55. The second-order valence-corrected chi connectivity index (χ2v) is 6.27. The lowest BCUT2D eigenvalue weighted by Gasteiger charge is -2.18. The third-order valence-electron chi connectivity index (χ3n) is 4.55. The first-order valence-corrected chi connectivity index (χ1v) is 8.70. The second-order valence-electron chi connectivity index (χ2n) is 6.27. The summed E-state index contributed by atoms with van der Waals surface area (Å²) in [5, 5.41) is 21.0. The van der Waals surface area contributed by atoms with Crippen molar-refractivity contribution in [2.24, 2.45) is 0 Å². The Morgan fingerprint density at radius 1 is 1.27 bits per heavy atom. The maximum absolute atomic E-state index is 14.0. The molecule has 136 valence electrons. The van der Waals surface area contributed by atoms with Crippen LogP contribution in [-0.2, 0) is 11.3 Å². The predicted octanol–water partition coefficient (Wildman–Crippen LogP) is 2.36. The molecule has 1 aliphatic rings. The molecular weight excluding hydrogens is 337 g/mol. The first kappa shape index (κ1) is 16.9. The summed E-state index contributed by atoms with van der Waals surface area (Å²) < 4.78 is 21.1. The van der Waals surface area contributed by atoms with Gasteiger partial charge in [0.2, 0.25) is 0 Å². The van der Waals surface area contributed by atoms with Crippen LogP contribution in [0.1, 0.15) is 24.6 Å². The Morgan fingerprint density at radius 2 is 2.08 bits per heavy atom. The lowest BCUT2D eigenvalue weighted by atomic mass is 10.00. The van der Waals surface area contributed by atoms with E-state index in [0.29, 0.717) is 42.5 Å². The summed E-state index contributed by atoms with van der Waals surface area (Å²) in [7, 11) is 0. The van der Waals surface area contributed by atoms with Crippen LogP contribution in [0.5, 0.6) is 0 Å².